The molecule has 0 spiro atoms. The predicted octanol–water partition coefficient (Wildman–Crippen LogP) is 5.06. The van der Waals surface area contributed by atoms with Crippen LogP contribution in [-0.2, 0) is 18.4 Å². The molecule has 1 N–H and O–H groups in total. The van der Waals surface area contributed by atoms with Gasteiger partial charge in [-0.15, -0.1) is 11.3 Å². The summed E-state index contributed by atoms with van der Waals surface area (Å²) >= 11 is 1.99. The molecule has 2 nitrogen and oxygen atoms in total. The first-order valence-electron chi connectivity index (χ1n) is 8.77. The van der Waals surface area contributed by atoms with E-state index in [0.717, 1.165) is 12.3 Å². The third-order valence-corrected chi connectivity index (χ3v) is 6.18. The Morgan fingerprint density at radius 1 is 1.19 bits per heavy atom. The molecule has 21 heavy (non-hydrogen) atoms. The lowest BCUT2D eigenvalue weighted by molar-refractivity contribution is 0.231. The Morgan fingerprint density at radius 3 is 2.48 bits per heavy atom. The van der Waals surface area contributed by atoms with Gasteiger partial charge >= 0.3 is 0 Å². The van der Waals surface area contributed by atoms with Crippen LogP contribution < -0.4 is 5.32 Å². The van der Waals surface area contributed by atoms with Crippen molar-refractivity contribution in [2.75, 3.05) is 0 Å². The molecule has 0 aliphatic heterocycles. The molecule has 0 saturated carbocycles. The number of nitrogens with one attached hydrogen (secondary N) is 1. The molecule has 0 aromatic carbocycles. The zero-order chi connectivity index (χ0) is 15.5. The maximum atomic E-state index is 5.09. The van der Waals surface area contributed by atoms with Crippen LogP contribution in [0, 0.1) is 5.92 Å². The Labute approximate surface area is 134 Å². The number of hydrogen-bond acceptors (Lipinski definition) is 3. The Kier molecular flexibility index (Phi) is 5.84. The number of fused-ring (bicyclic) bond motifs is 1. The highest BCUT2D eigenvalue weighted by atomic mass is 32.1. The van der Waals surface area contributed by atoms with E-state index >= 15 is 0 Å². The van der Waals surface area contributed by atoms with Crippen LogP contribution in [0.15, 0.2) is 0 Å². The average molecular weight is 309 g/mol. The van der Waals surface area contributed by atoms with Crippen LogP contribution in [0.4, 0.5) is 0 Å². The first-order chi connectivity index (χ1) is 10.0. The quantitative estimate of drug-likeness (QED) is 0.761. The lowest BCUT2D eigenvalue weighted by Gasteiger charge is -2.36. The van der Waals surface area contributed by atoms with Crippen LogP contribution in [0.3, 0.4) is 0 Å². The van der Waals surface area contributed by atoms with Gasteiger partial charge in [0.05, 0.1) is 11.2 Å². The molecule has 0 saturated heterocycles. The van der Waals surface area contributed by atoms with Crippen molar-refractivity contribution < 1.29 is 0 Å². The van der Waals surface area contributed by atoms with Gasteiger partial charge in [-0.2, -0.15) is 0 Å². The summed E-state index contributed by atoms with van der Waals surface area (Å²) in [5.74, 6) is 0.733. The Morgan fingerprint density at radius 2 is 1.90 bits per heavy atom. The Hall–Kier alpha value is -0.410. The summed E-state index contributed by atoms with van der Waals surface area (Å²) in [5, 5.41) is 5.23. The first kappa shape index (κ1) is 17.0. The Bertz CT molecular complexity index is 429. The SMILES string of the molecule is CCC(C)CC(CC)(NC(C)C)c1nc2c(s1)CCCC2. The second kappa shape index (κ2) is 7.23. The van der Waals surface area contributed by atoms with Crippen molar-refractivity contribution in [3.63, 3.8) is 0 Å². The van der Waals surface area contributed by atoms with Gasteiger partial charge in [-0.05, 0) is 58.3 Å². The summed E-state index contributed by atoms with van der Waals surface area (Å²) in [6, 6.07) is 0.495. The minimum absolute atomic E-state index is 0.0750. The van der Waals surface area contributed by atoms with E-state index in [1.165, 1.54) is 49.2 Å². The van der Waals surface area contributed by atoms with E-state index in [-0.39, 0.29) is 5.54 Å². The van der Waals surface area contributed by atoms with E-state index in [4.69, 9.17) is 4.98 Å². The molecule has 120 valence electrons. The van der Waals surface area contributed by atoms with Crippen molar-refractivity contribution in [1.29, 1.82) is 0 Å². The van der Waals surface area contributed by atoms with Gasteiger partial charge in [0.15, 0.2) is 0 Å². The third kappa shape index (κ3) is 3.87. The molecule has 0 amide bonds. The van der Waals surface area contributed by atoms with Crippen molar-refractivity contribution in [1.82, 2.24) is 10.3 Å². The predicted molar refractivity (Wildman–Crippen MR) is 93.1 cm³/mol. The number of nitrogens with zero attached hydrogens (tertiary/aromatic N) is 1. The molecule has 0 radical (unpaired) electrons. The van der Waals surface area contributed by atoms with E-state index in [2.05, 4.69) is 39.9 Å². The minimum Gasteiger partial charge on any atom is -0.303 e. The summed E-state index contributed by atoms with van der Waals surface area (Å²) in [7, 11) is 0. The lowest BCUT2D eigenvalue weighted by atomic mass is 9.84. The molecule has 0 bridgehead atoms. The monoisotopic (exact) mass is 308 g/mol. The number of hydrogen-bond donors (Lipinski definition) is 1. The molecule has 2 unspecified atom stereocenters. The largest absolute Gasteiger partial charge is 0.303 e. The highest BCUT2D eigenvalue weighted by Crippen LogP contribution is 2.39. The fraction of sp³-hybridized carbons (Fsp3) is 0.833. The topological polar surface area (TPSA) is 24.9 Å². The summed E-state index contributed by atoms with van der Waals surface area (Å²) < 4.78 is 0. The van der Waals surface area contributed by atoms with E-state index < -0.39 is 0 Å². The summed E-state index contributed by atoms with van der Waals surface area (Å²) in [6.07, 6.45) is 8.67. The van der Waals surface area contributed by atoms with Gasteiger partial charge in [-0.1, -0.05) is 27.2 Å². The van der Waals surface area contributed by atoms with Crippen LogP contribution in [0.2, 0.25) is 0 Å². The van der Waals surface area contributed by atoms with Gasteiger partial charge in [0.25, 0.3) is 0 Å². The summed E-state index contributed by atoms with van der Waals surface area (Å²) in [4.78, 5) is 6.65. The van der Waals surface area contributed by atoms with Gasteiger partial charge < -0.3 is 5.32 Å². The van der Waals surface area contributed by atoms with Crippen molar-refractivity contribution in [3.8, 4) is 0 Å². The first-order valence-corrected chi connectivity index (χ1v) is 9.59. The highest BCUT2D eigenvalue weighted by Gasteiger charge is 2.36. The normalized spacial score (nSPS) is 19.3. The molecular weight excluding hydrogens is 276 g/mol. The number of aromatic nitrogens is 1. The zero-order valence-corrected chi connectivity index (χ0v) is 15.3. The molecule has 1 heterocycles. The zero-order valence-electron chi connectivity index (χ0n) is 14.5. The average Bonchev–Trinajstić information content (AvgIpc) is 2.90. The van der Waals surface area contributed by atoms with Gasteiger partial charge in [-0.25, -0.2) is 4.98 Å². The highest BCUT2D eigenvalue weighted by molar-refractivity contribution is 7.11. The fourth-order valence-electron chi connectivity index (χ4n) is 3.45. The lowest BCUT2D eigenvalue weighted by Crippen LogP contribution is -2.46. The van der Waals surface area contributed by atoms with Gasteiger partial charge in [0.1, 0.15) is 5.01 Å². The number of thiazole rings is 1. The van der Waals surface area contributed by atoms with Crippen molar-refractivity contribution in [3.05, 3.63) is 15.6 Å². The molecule has 1 aliphatic carbocycles. The van der Waals surface area contributed by atoms with E-state index in [9.17, 15) is 0 Å². The van der Waals surface area contributed by atoms with Crippen LogP contribution >= 0.6 is 11.3 Å². The molecule has 0 fully saturated rings. The molecule has 2 atom stereocenters. The van der Waals surface area contributed by atoms with Gasteiger partial charge in [0.2, 0.25) is 0 Å². The standard InChI is InChI=1S/C18H32N2S/c1-6-14(5)12-18(7-2,20-13(3)4)17-19-15-10-8-9-11-16(15)21-17/h13-14,20H,6-12H2,1-5H3. The maximum absolute atomic E-state index is 5.09. The van der Waals surface area contributed by atoms with Crippen LogP contribution in [0.1, 0.15) is 82.3 Å². The van der Waals surface area contributed by atoms with E-state index in [1.807, 2.05) is 11.3 Å². The molecule has 3 heteroatoms. The van der Waals surface area contributed by atoms with Gasteiger partial charge in [0, 0.05) is 10.9 Å². The van der Waals surface area contributed by atoms with Crippen molar-refractivity contribution in [2.24, 2.45) is 5.92 Å². The summed E-state index contributed by atoms with van der Waals surface area (Å²) in [6.45, 7) is 11.5. The van der Waals surface area contributed by atoms with E-state index in [0.29, 0.717) is 6.04 Å². The molecular formula is C18H32N2S. The van der Waals surface area contributed by atoms with Crippen LogP contribution in [0.5, 0.6) is 0 Å². The fourth-order valence-corrected chi connectivity index (χ4v) is 4.84. The molecule has 1 aliphatic rings. The van der Waals surface area contributed by atoms with Crippen LogP contribution in [0.25, 0.3) is 0 Å². The van der Waals surface area contributed by atoms with Crippen molar-refractivity contribution >= 4 is 11.3 Å². The second-order valence-corrected chi connectivity index (χ2v) is 8.13. The number of aryl methyl sites for hydroxylation is 2. The molecule has 2 rings (SSSR count). The summed E-state index contributed by atoms with van der Waals surface area (Å²) in [5.41, 5.74) is 1.47. The van der Waals surface area contributed by atoms with Crippen molar-refractivity contribution in [2.45, 2.75) is 91.1 Å². The maximum Gasteiger partial charge on any atom is 0.113 e. The minimum atomic E-state index is 0.0750. The van der Waals surface area contributed by atoms with E-state index in [1.54, 1.807) is 4.88 Å². The van der Waals surface area contributed by atoms with Gasteiger partial charge in [-0.3, -0.25) is 0 Å². The smallest absolute Gasteiger partial charge is 0.113 e. The molecule has 1 aromatic heterocycles. The second-order valence-electron chi connectivity index (χ2n) is 7.05. The third-order valence-electron chi connectivity index (χ3n) is 4.82. The van der Waals surface area contributed by atoms with Crippen LogP contribution in [-0.4, -0.2) is 11.0 Å². The number of rotatable bonds is 7. The Balaban J connectivity index is 2.34. The molecule has 1 aromatic rings.